The molecule has 0 aliphatic carbocycles. The van der Waals surface area contributed by atoms with Crippen molar-refractivity contribution in [2.45, 2.75) is 6.54 Å². The van der Waals surface area contributed by atoms with Gasteiger partial charge in [0.15, 0.2) is 0 Å². The first kappa shape index (κ1) is 17.6. The Hall–Kier alpha value is -4.25. The molecule has 0 aliphatic heterocycles. The summed E-state index contributed by atoms with van der Waals surface area (Å²) >= 11 is 0. The predicted molar refractivity (Wildman–Crippen MR) is 124 cm³/mol. The van der Waals surface area contributed by atoms with Gasteiger partial charge < -0.3 is 4.57 Å². The summed E-state index contributed by atoms with van der Waals surface area (Å²) in [6.45, 7) is 0.806. The maximum atomic E-state index is 4.13. The van der Waals surface area contributed by atoms with Crippen LogP contribution in [0.2, 0.25) is 0 Å². The third-order valence-electron chi connectivity index (χ3n) is 5.78. The Bertz CT molecular complexity index is 1480. The predicted octanol–water partition coefficient (Wildman–Crippen LogP) is 5.69. The SMILES string of the molecule is c1ccc(-c2ccc(Cn3c4ccccc4c4cc(-c5nn[nH]n5)ccc43)cc2)cc1. The van der Waals surface area contributed by atoms with Crippen LogP contribution in [0.15, 0.2) is 97.1 Å². The van der Waals surface area contributed by atoms with Crippen molar-refractivity contribution in [1.82, 2.24) is 25.2 Å². The molecule has 5 nitrogen and oxygen atoms in total. The first-order chi connectivity index (χ1) is 15.4. The molecular formula is C26H19N5. The second kappa shape index (κ2) is 7.22. The number of para-hydroxylation sites is 1. The molecule has 0 unspecified atom stereocenters. The van der Waals surface area contributed by atoms with Crippen LogP contribution in [0.1, 0.15) is 5.56 Å². The van der Waals surface area contributed by atoms with E-state index >= 15 is 0 Å². The van der Waals surface area contributed by atoms with Gasteiger partial charge in [-0.25, -0.2) is 0 Å². The molecule has 6 aromatic rings. The fourth-order valence-electron chi connectivity index (χ4n) is 4.26. The molecule has 148 valence electrons. The Kier molecular flexibility index (Phi) is 4.10. The Morgan fingerprint density at radius 2 is 1.35 bits per heavy atom. The monoisotopic (exact) mass is 401 g/mol. The van der Waals surface area contributed by atoms with Gasteiger partial charge in [-0.15, -0.1) is 10.2 Å². The average Bonchev–Trinajstić information content (AvgIpc) is 3.48. The third kappa shape index (κ3) is 3.07. The number of nitrogens with one attached hydrogen (secondary N) is 1. The zero-order valence-electron chi connectivity index (χ0n) is 16.7. The van der Waals surface area contributed by atoms with Gasteiger partial charge in [0.25, 0.3) is 0 Å². The summed E-state index contributed by atoms with van der Waals surface area (Å²) in [7, 11) is 0. The molecule has 31 heavy (non-hydrogen) atoms. The normalized spacial score (nSPS) is 11.4. The lowest BCUT2D eigenvalue weighted by molar-refractivity contribution is 0.869. The fourth-order valence-corrected chi connectivity index (χ4v) is 4.26. The van der Waals surface area contributed by atoms with Crippen molar-refractivity contribution < 1.29 is 0 Å². The van der Waals surface area contributed by atoms with E-state index in [1.54, 1.807) is 0 Å². The van der Waals surface area contributed by atoms with E-state index in [1.165, 1.54) is 38.5 Å². The number of aromatic nitrogens is 5. The second-order valence-corrected chi connectivity index (χ2v) is 7.63. The number of H-pyrrole nitrogens is 1. The Labute approximate surface area is 179 Å². The lowest BCUT2D eigenvalue weighted by Crippen LogP contribution is -1.99. The summed E-state index contributed by atoms with van der Waals surface area (Å²) in [6.07, 6.45) is 0. The Morgan fingerprint density at radius 1 is 0.645 bits per heavy atom. The van der Waals surface area contributed by atoms with E-state index in [9.17, 15) is 0 Å². The maximum Gasteiger partial charge on any atom is 0.204 e. The molecule has 0 amide bonds. The van der Waals surface area contributed by atoms with Crippen molar-refractivity contribution in [3.05, 3.63) is 103 Å². The molecule has 1 N–H and O–H groups in total. The van der Waals surface area contributed by atoms with Crippen LogP contribution in [0.4, 0.5) is 0 Å². The summed E-state index contributed by atoms with van der Waals surface area (Å²) in [5, 5.41) is 16.9. The van der Waals surface area contributed by atoms with Crippen LogP contribution in [0.25, 0.3) is 44.3 Å². The first-order valence-corrected chi connectivity index (χ1v) is 10.3. The number of aromatic amines is 1. The van der Waals surface area contributed by atoms with Gasteiger partial charge in [-0.05, 0) is 46.2 Å². The van der Waals surface area contributed by atoms with Crippen molar-refractivity contribution in [1.29, 1.82) is 0 Å². The molecule has 6 rings (SSSR count). The first-order valence-electron chi connectivity index (χ1n) is 10.3. The quantitative estimate of drug-likeness (QED) is 0.413. The standard InChI is InChI=1S/C26H19N5/c1-2-6-19(7-3-1)20-12-10-18(11-13-20)17-31-24-9-5-4-8-22(24)23-16-21(14-15-25(23)31)26-27-29-30-28-26/h1-16H,17H2,(H,27,28,29,30). The topological polar surface area (TPSA) is 59.4 Å². The Balaban J connectivity index is 1.43. The van der Waals surface area contributed by atoms with E-state index in [0.717, 1.165) is 12.1 Å². The number of nitrogens with zero attached hydrogens (tertiary/aromatic N) is 4. The van der Waals surface area contributed by atoms with Gasteiger partial charge in [0.1, 0.15) is 0 Å². The van der Waals surface area contributed by atoms with E-state index in [0.29, 0.717) is 5.82 Å². The third-order valence-corrected chi connectivity index (χ3v) is 5.78. The van der Waals surface area contributed by atoms with Crippen LogP contribution in [0.5, 0.6) is 0 Å². The molecule has 0 saturated heterocycles. The highest BCUT2D eigenvalue weighted by atomic mass is 15.5. The molecule has 5 heteroatoms. The number of benzene rings is 4. The molecule has 0 fully saturated rings. The number of hydrogen-bond acceptors (Lipinski definition) is 3. The highest BCUT2D eigenvalue weighted by Crippen LogP contribution is 2.32. The number of tetrazole rings is 1. The number of hydrogen-bond donors (Lipinski definition) is 1. The largest absolute Gasteiger partial charge is 0.336 e. The fraction of sp³-hybridized carbons (Fsp3) is 0.0385. The molecular weight excluding hydrogens is 382 g/mol. The smallest absolute Gasteiger partial charge is 0.204 e. The van der Waals surface area contributed by atoms with E-state index in [-0.39, 0.29) is 0 Å². The van der Waals surface area contributed by atoms with Crippen molar-refractivity contribution >= 4 is 21.8 Å². The van der Waals surface area contributed by atoms with Crippen LogP contribution in [-0.2, 0) is 6.54 Å². The Morgan fingerprint density at radius 3 is 2.16 bits per heavy atom. The van der Waals surface area contributed by atoms with Crippen molar-refractivity contribution in [2.75, 3.05) is 0 Å². The highest BCUT2D eigenvalue weighted by Gasteiger charge is 2.13. The van der Waals surface area contributed by atoms with Crippen LogP contribution in [-0.4, -0.2) is 25.2 Å². The van der Waals surface area contributed by atoms with Gasteiger partial charge in [-0.1, -0.05) is 72.8 Å². The zero-order valence-corrected chi connectivity index (χ0v) is 16.7. The molecule has 4 aromatic carbocycles. The molecule has 0 bridgehead atoms. The molecule has 0 radical (unpaired) electrons. The molecule has 0 spiro atoms. The van der Waals surface area contributed by atoms with Gasteiger partial charge in [0.2, 0.25) is 5.82 Å². The summed E-state index contributed by atoms with van der Waals surface area (Å²) in [4.78, 5) is 0. The number of rotatable bonds is 4. The number of fused-ring (bicyclic) bond motifs is 3. The average molecular weight is 401 g/mol. The molecule has 0 saturated carbocycles. The molecule has 2 aromatic heterocycles. The summed E-state index contributed by atoms with van der Waals surface area (Å²) in [6, 6.07) is 34.2. The van der Waals surface area contributed by atoms with Crippen molar-refractivity contribution in [3.8, 4) is 22.5 Å². The van der Waals surface area contributed by atoms with Crippen LogP contribution >= 0.6 is 0 Å². The van der Waals surface area contributed by atoms with Gasteiger partial charge in [0.05, 0.1) is 0 Å². The molecule has 0 atom stereocenters. The minimum absolute atomic E-state index is 0.607. The van der Waals surface area contributed by atoms with Crippen LogP contribution in [0.3, 0.4) is 0 Å². The van der Waals surface area contributed by atoms with E-state index in [4.69, 9.17) is 0 Å². The lowest BCUT2D eigenvalue weighted by atomic mass is 10.0. The van der Waals surface area contributed by atoms with Crippen LogP contribution in [0, 0.1) is 0 Å². The highest BCUT2D eigenvalue weighted by molar-refractivity contribution is 6.09. The van der Waals surface area contributed by atoms with Gasteiger partial charge >= 0.3 is 0 Å². The van der Waals surface area contributed by atoms with E-state index in [2.05, 4.69) is 116 Å². The van der Waals surface area contributed by atoms with Gasteiger partial charge in [-0.2, -0.15) is 5.21 Å². The zero-order chi connectivity index (χ0) is 20.6. The lowest BCUT2D eigenvalue weighted by Gasteiger charge is -2.09. The van der Waals surface area contributed by atoms with E-state index < -0.39 is 0 Å². The van der Waals surface area contributed by atoms with Crippen molar-refractivity contribution in [2.24, 2.45) is 0 Å². The minimum Gasteiger partial charge on any atom is -0.336 e. The summed E-state index contributed by atoms with van der Waals surface area (Å²) < 4.78 is 2.38. The summed E-state index contributed by atoms with van der Waals surface area (Å²) in [5.41, 5.74) is 7.10. The molecule has 0 aliphatic rings. The van der Waals surface area contributed by atoms with E-state index in [1.807, 2.05) is 6.07 Å². The van der Waals surface area contributed by atoms with Crippen molar-refractivity contribution in [3.63, 3.8) is 0 Å². The molecule has 2 heterocycles. The summed E-state index contributed by atoms with van der Waals surface area (Å²) in [5.74, 6) is 0.607. The maximum absolute atomic E-state index is 4.13. The second-order valence-electron chi connectivity index (χ2n) is 7.63. The van der Waals surface area contributed by atoms with Crippen LogP contribution < -0.4 is 0 Å². The minimum atomic E-state index is 0.607. The van der Waals surface area contributed by atoms with Gasteiger partial charge in [-0.3, -0.25) is 0 Å². The van der Waals surface area contributed by atoms with Gasteiger partial charge in [0, 0.05) is 33.9 Å².